The molecule has 0 saturated heterocycles. The molecule has 2 aromatic rings. The summed E-state index contributed by atoms with van der Waals surface area (Å²) in [6.45, 7) is 0. The quantitative estimate of drug-likeness (QED) is 0.693. The summed E-state index contributed by atoms with van der Waals surface area (Å²) in [7, 11) is 0. The lowest BCUT2D eigenvalue weighted by Crippen LogP contribution is -2.44. The van der Waals surface area contributed by atoms with Crippen molar-refractivity contribution in [2.45, 2.75) is 24.7 Å². The second-order valence-electron chi connectivity index (χ2n) is 5.76. The van der Waals surface area contributed by atoms with E-state index in [1.807, 2.05) is 0 Å². The third-order valence-corrected chi connectivity index (χ3v) is 3.98. The molecule has 0 radical (unpaired) electrons. The Morgan fingerprint density at radius 1 is 1.11 bits per heavy atom. The molecule has 0 unspecified atom stereocenters. The van der Waals surface area contributed by atoms with Gasteiger partial charge in [-0.15, -0.1) is 0 Å². The molecule has 1 amide bonds. The van der Waals surface area contributed by atoms with E-state index in [4.69, 9.17) is 11.6 Å². The first-order chi connectivity index (χ1) is 12.6. The fourth-order valence-electron chi connectivity index (χ4n) is 2.36. The van der Waals surface area contributed by atoms with Crippen LogP contribution in [0.4, 0.5) is 13.2 Å². The first-order valence-electron chi connectivity index (χ1n) is 7.71. The Morgan fingerprint density at radius 2 is 1.74 bits per heavy atom. The van der Waals surface area contributed by atoms with E-state index in [-0.39, 0.29) is 12.0 Å². The van der Waals surface area contributed by atoms with Crippen LogP contribution in [0.15, 0.2) is 48.5 Å². The number of benzene rings is 2. The van der Waals surface area contributed by atoms with E-state index in [1.165, 1.54) is 6.07 Å². The van der Waals surface area contributed by atoms with E-state index in [2.05, 4.69) is 5.32 Å². The number of amides is 1. The Bertz CT molecular complexity index is 824. The molecule has 3 N–H and O–H groups in total. The Balaban J connectivity index is 2.09. The standard InChI is InChI=1S/C18H15ClF3NO4/c19-13-3-1-2-10(8-13)9-14(17(26)27)23-16(25)15(24)11-4-6-12(7-5-11)18(20,21)22/h1-8,14-15,24H,9H2,(H,23,25)(H,26,27)/t14-,15+/m0/s1. The number of rotatable bonds is 6. The van der Waals surface area contributed by atoms with Crippen molar-refractivity contribution in [3.05, 3.63) is 70.2 Å². The predicted octanol–water partition coefficient (Wildman–Crippen LogP) is 3.20. The van der Waals surface area contributed by atoms with Crippen LogP contribution in [-0.2, 0) is 22.2 Å². The van der Waals surface area contributed by atoms with Crippen molar-refractivity contribution in [2.24, 2.45) is 0 Å². The fourth-order valence-corrected chi connectivity index (χ4v) is 2.57. The number of alkyl halides is 3. The van der Waals surface area contributed by atoms with Gasteiger partial charge in [0.05, 0.1) is 5.56 Å². The maximum absolute atomic E-state index is 12.6. The summed E-state index contributed by atoms with van der Waals surface area (Å²) in [5, 5.41) is 21.9. The molecule has 0 heterocycles. The predicted molar refractivity (Wildman–Crippen MR) is 91.1 cm³/mol. The molecule has 0 aliphatic carbocycles. The Kier molecular flexibility index (Phi) is 6.45. The highest BCUT2D eigenvalue weighted by Gasteiger charge is 2.31. The highest BCUT2D eigenvalue weighted by atomic mass is 35.5. The SMILES string of the molecule is O=C(O)[C@H](Cc1cccc(Cl)c1)NC(=O)[C@H](O)c1ccc(C(F)(F)F)cc1. The molecule has 9 heteroatoms. The summed E-state index contributed by atoms with van der Waals surface area (Å²) >= 11 is 5.83. The van der Waals surface area contributed by atoms with Crippen LogP contribution in [-0.4, -0.2) is 28.1 Å². The molecule has 0 saturated carbocycles. The molecule has 2 rings (SSSR count). The third-order valence-electron chi connectivity index (χ3n) is 3.75. The molecule has 0 fully saturated rings. The lowest BCUT2D eigenvalue weighted by atomic mass is 10.0. The minimum absolute atomic E-state index is 0.0820. The van der Waals surface area contributed by atoms with Gasteiger partial charge in [0.15, 0.2) is 6.10 Å². The molecule has 0 aliphatic rings. The largest absolute Gasteiger partial charge is 0.480 e. The maximum atomic E-state index is 12.6. The number of aliphatic hydroxyl groups is 1. The summed E-state index contributed by atoms with van der Waals surface area (Å²) in [6, 6.07) is 8.41. The first kappa shape index (κ1) is 20.7. The summed E-state index contributed by atoms with van der Waals surface area (Å²) in [5.74, 6) is -2.37. The second-order valence-corrected chi connectivity index (χ2v) is 6.19. The van der Waals surface area contributed by atoms with Crippen LogP contribution in [0.2, 0.25) is 5.02 Å². The number of hydrogen-bond acceptors (Lipinski definition) is 3. The summed E-state index contributed by atoms with van der Waals surface area (Å²) < 4.78 is 37.7. The van der Waals surface area contributed by atoms with E-state index < -0.39 is 35.8 Å². The fraction of sp³-hybridized carbons (Fsp3) is 0.222. The van der Waals surface area contributed by atoms with Crippen LogP contribution in [0.25, 0.3) is 0 Å². The average molecular weight is 402 g/mol. The molecule has 0 aromatic heterocycles. The van der Waals surface area contributed by atoms with E-state index in [0.29, 0.717) is 10.6 Å². The highest BCUT2D eigenvalue weighted by Crippen LogP contribution is 2.30. The Morgan fingerprint density at radius 3 is 2.26 bits per heavy atom. The molecular weight excluding hydrogens is 387 g/mol. The highest BCUT2D eigenvalue weighted by molar-refractivity contribution is 6.30. The molecule has 0 bridgehead atoms. The van der Waals surface area contributed by atoms with Gasteiger partial charge in [-0.05, 0) is 35.4 Å². The van der Waals surface area contributed by atoms with Gasteiger partial charge in [-0.25, -0.2) is 4.79 Å². The number of halogens is 4. The van der Waals surface area contributed by atoms with Gasteiger partial charge in [0, 0.05) is 11.4 Å². The van der Waals surface area contributed by atoms with E-state index in [1.54, 1.807) is 18.2 Å². The molecule has 5 nitrogen and oxygen atoms in total. The van der Waals surface area contributed by atoms with Crippen molar-refractivity contribution in [3.63, 3.8) is 0 Å². The van der Waals surface area contributed by atoms with Crippen LogP contribution in [0.1, 0.15) is 22.8 Å². The van der Waals surface area contributed by atoms with E-state index in [0.717, 1.165) is 24.3 Å². The molecule has 0 spiro atoms. The van der Waals surface area contributed by atoms with Gasteiger partial charge >= 0.3 is 12.1 Å². The number of carbonyl (C=O) groups excluding carboxylic acids is 1. The molecule has 2 aromatic carbocycles. The Hall–Kier alpha value is -2.58. The van der Waals surface area contributed by atoms with Crippen molar-refractivity contribution in [2.75, 3.05) is 0 Å². The monoisotopic (exact) mass is 401 g/mol. The van der Waals surface area contributed by atoms with Crippen molar-refractivity contribution in [1.82, 2.24) is 5.32 Å². The lowest BCUT2D eigenvalue weighted by molar-refractivity contribution is -0.143. The summed E-state index contributed by atoms with van der Waals surface area (Å²) in [4.78, 5) is 23.5. The number of aliphatic carboxylic acids is 1. The van der Waals surface area contributed by atoms with Crippen LogP contribution in [0.3, 0.4) is 0 Å². The van der Waals surface area contributed by atoms with E-state index >= 15 is 0 Å². The zero-order valence-electron chi connectivity index (χ0n) is 13.7. The van der Waals surface area contributed by atoms with Crippen LogP contribution in [0, 0.1) is 0 Å². The number of carbonyl (C=O) groups is 2. The maximum Gasteiger partial charge on any atom is 0.416 e. The summed E-state index contributed by atoms with van der Waals surface area (Å²) in [5.41, 5.74) is -0.463. The molecular formula is C18H15ClF3NO4. The summed E-state index contributed by atoms with van der Waals surface area (Å²) in [6.07, 6.45) is -6.44. The average Bonchev–Trinajstić information content (AvgIpc) is 2.59. The first-order valence-corrected chi connectivity index (χ1v) is 8.08. The van der Waals surface area contributed by atoms with Gasteiger partial charge < -0.3 is 15.5 Å². The lowest BCUT2D eigenvalue weighted by Gasteiger charge is -2.18. The van der Waals surface area contributed by atoms with Crippen LogP contribution < -0.4 is 5.32 Å². The number of nitrogens with one attached hydrogen (secondary N) is 1. The number of hydrogen-bond donors (Lipinski definition) is 3. The molecule has 0 aliphatic heterocycles. The normalized spacial score (nSPS) is 13.7. The second kappa shape index (κ2) is 8.41. The van der Waals surface area contributed by atoms with Crippen molar-refractivity contribution in [3.8, 4) is 0 Å². The van der Waals surface area contributed by atoms with Crippen LogP contribution in [0.5, 0.6) is 0 Å². The van der Waals surface area contributed by atoms with Gasteiger partial charge in [0.1, 0.15) is 6.04 Å². The minimum atomic E-state index is -4.54. The third kappa shape index (κ3) is 5.70. The zero-order chi connectivity index (χ0) is 20.2. The molecule has 2 atom stereocenters. The number of carboxylic acids is 1. The van der Waals surface area contributed by atoms with Gasteiger partial charge in [-0.3, -0.25) is 4.79 Å². The van der Waals surface area contributed by atoms with Crippen molar-refractivity contribution in [1.29, 1.82) is 0 Å². The smallest absolute Gasteiger partial charge is 0.416 e. The van der Waals surface area contributed by atoms with Crippen molar-refractivity contribution < 1.29 is 33.0 Å². The number of carboxylic acid groups (broad SMARTS) is 1. The zero-order valence-corrected chi connectivity index (χ0v) is 14.5. The van der Waals surface area contributed by atoms with Gasteiger partial charge in [0.25, 0.3) is 5.91 Å². The Labute approximate surface area is 157 Å². The topological polar surface area (TPSA) is 86.6 Å². The minimum Gasteiger partial charge on any atom is -0.480 e. The van der Waals surface area contributed by atoms with Crippen molar-refractivity contribution >= 4 is 23.5 Å². The molecule has 144 valence electrons. The molecule has 27 heavy (non-hydrogen) atoms. The number of aliphatic hydroxyl groups excluding tert-OH is 1. The van der Waals surface area contributed by atoms with Gasteiger partial charge in [0.2, 0.25) is 0 Å². The van der Waals surface area contributed by atoms with Gasteiger partial charge in [-0.2, -0.15) is 13.2 Å². The van der Waals surface area contributed by atoms with Gasteiger partial charge in [-0.1, -0.05) is 35.9 Å². The van der Waals surface area contributed by atoms with E-state index in [9.17, 15) is 33.0 Å². The van der Waals surface area contributed by atoms with Crippen LogP contribution >= 0.6 is 11.6 Å².